The molecular weight excluding hydrogens is 246 g/mol. The molecule has 6 nitrogen and oxygen atoms in total. The van der Waals surface area contributed by atoms with Crippen molar-refractivity contribution in [1.29, 1.82) is 0 Å². The van der Waals surface area contributed by atoms with Gasteiger partial charge in [0.1, 0.15) is 0 Å². The highest BCUT2D eigenvalue weighted by atomic mass is 16.4. The number of hydrogen-bond acceptors (Lipinski definition) is 3. The average molecular weight is 271 g/mol. The first-order valence-corrected chi connectivity index (χ1v) is 6.79. The van der Waals surface area contributed by atoms with Crippen molar-refractivity contribution in [3.05, 3.63) is 0 Å². The van der Waals surface area contributed by atoms with Crippen LogP contribution in [0, 0.1) is 0 Å². The maximum atomic E-state index is 11.7. The van der Waals surface area contributed by atoms with E-state index < -0.39 is 5.97 Å². The Morgan fingerprint density at radius 1 is 1.37 bits per heavy atom. The third kappa shape index (κ3) is 4.70. The molecule has 0 aromatic carbocycles. The molecular formula is C13H25N3O3. The molecule has 0 heterocycles. The van der Waals surface area contributed by atoms with Crippen molar-refractivity contribution < 1.29 is 14.7 Å². The van der Waals surface area contributed by atoms with Gasteiger partial charge in [0.2, 0.25) is 0 Å². The van der Waals surface area contributed by atoms with Gasteiger partial charge in [0, 0.05) is 24.5 Å². The predicted octanol–water partition coefficient (Wildman–Crippen LogP) is 1.02. The van der Waals surface area contributed by atoms with Crippen LogP contribution in [-0.2, 0) is 4.79 Å². The smallest absolute Gasteiger partial charge is 0.315 e. The summed E-state index contributed by atoms with van der Waals surface area (Å²) in [6.45, 7) is 2.45. The number of carbonyl (C=O) groups is 2. The minimum atomic E-state index is -0.838. The van der Waals surface area contributed by atoms with Gasteiger partial charge in [-0.2, -0.15) is 0 Å². The molecule has 3 N–H and O–H groups in total. The van der Waals surface area contributed by atoms with Crippen LogP contribution in [-0.4, -0.2) is 54.2 Å². The Labute approximate surface area is 114 Å². The van der Waals surface area contributed by atoms with Crippen LogP contribution in [0.1, 0.15) is 39.0 Å². The number of amides is 2. The van der Waals surface area contributed by atoms with E-state index in [1.807, 2.05) is 21.0 Å². The number of urea groups is 1. The van der Waals surface area contributed by atoms with Gasteiger partial charge in [-0.3, -0.25) is 4.79 Å². The summed E-state index contributed by atoms with van der Waals surface area (Å²) in [7, 11) is 4.07. The van der Waals surface area contributed by atoms with Crippen LogP contribution in [0.2, 0.25) is 0 Å². The van der Waals surface area contributed by atoms with Crippen LogP contribution in [0.5, 0.6) is 0 Å². The molecule has 1 aliphatic carbocycles. The van der Waals surface area contributed by atoms with E-state index in [1.54, 1.807) is 0 Å². The lowest BCUT2D eigenvalue weighted by Gasteiger charge is -2.47. The van der Waals surface area contributed by atoms with Crippen molar-refractivity contribution >= 4 is 12.0 Å². The normalized spacial score (nSPS) is 18.5. The Hall–Kier alpha value is -1.30. The molecule has 0 bridgehead atoms. The molecule has 19 heavy (non-hydrogen) atoms. The highest BCUT2D eigenvalue weighted by Crippen LogP contribution is 2.35. The van der Waals surface area contributed by atoms with Gasteiger partial charge in [-0.1, -0.05) is 0 Å². The zero-order chi connectivity index (χ0) is 14.5. The lowest BCUT2D eigenvalue weighted by molar-refractivity contribution is -0.137. The minimum Gasteiger partial charge on any atom is -0.481 e. The Balaban J connectivity index is 2.25. The Morgan fingerprint density at radius 3 is 2.42 bits per heavy atom. The number of aliphatic carboxylic acids is 1. The minimum absolute atomic E-state index is 0.0725. The predicted molar refractivity (Wildman–Crippen MR) is 73.1 cm³/mol. The summed E-state index contributed by atoms with van der Waals surface area (Å²) in [6.07, 6.45) is 3.94. The molecule has 0 saturated heterocycles. The maximum Gasteiger partial charge on any atom is 0.315 e. The number of carboxylic acids is 1. The van der Waals surface area contributed by atoms with Crippen molar-refractivity contribution in [2.24, 2.45) is 0 Å². The number of likely N-dealkylation sites (N-methyl/N-ethyl adjacent to an activating group) is 1. The molecule has 1 saturated carbocycles. The third-order valence-corrected chi connectivity index (χ3v) is 3.98. The molecule has 1 atom stereocenters. The molecule has 0 aromatic rings. The molecule has 6 heteroatoms. The Morgan fingerprint density at radius 2 is 2.00 bits per heavy atom. The summed E-state index contributed by atoms with van der Waals surface area (Å²) < 4.78 is 0. The first-order valence-electron chi connectivity index (χ1n) is 6.79. The number of nitrogens with zero attached hydrogens (tertiary/aromatic N) is 1. The van der Waals surface area contributed by atoms with E-state index in [9.17, 15) is 9.59 Å². The molecule has 2 amide bonds. The van der Waals surface area contributed by atoms with Gasteiger partial charge in [-0.05, 0) is 46.7 Å². The summed E-state index contributed by atoms with van der Waals surface area (Å²) in [4.78, 5) is 24.3. The van der Waals surface area contributed by atoms with Gasteiger partial charge in [-0.25, -0.2) is 4.79 Å². The molecule has 1 rings (SSSR count). The van der Waals surface area contributed by atoms with Crippen LogP contribution in [0.15, 0.2) is 0 Å². The second-order valence-corrected chi connectivity index (χ2v) is 5.63. The lowest BCUT2D eigenvalue weighted by atomic mass is 9.75. The Bertz CT molecular complexity index is 327. The largest absolute Gasteiger partial charge is 0.481 e. The molecule has 0 spiro atoms. The second-order valence-electron chi connectivity index (χ2n) is 5.63. The molecule has 0 radical (unpaired) electrons. The Kier molecular flexibility index (Phi) is 5.60. The quantitative estimate of drug-likeness (QED) is 0.646. The van der Waals surface area contributed by atoms with E-state index in [4.69, 9.17) is 5.11 Å². The van der Waals surface area contributed by atoms with Crippen molar-refractivity contribution in [1.82, 2.24) is 15.5 Å². The van der Waals surface area contributed by atoms with Crippen LogP contribution in [0.3, 0.4) is 0 Å². The first-order chi connectivity index (χ1) is 8.85. The fourth-order valence-corrected chi connectivity index (χ4v) is 2.30. The molecule has 1 aliphatic rings. The number of rotatable bonds is 7. The van der Waals surface area contributed by atoms with E-state index in [2.05, 4.69) is 15.5 Å². The zero-order valence-electron chi connectivity index (χ0n) is 12.0. The second kappa shape index (κ2) is 6.75. The standard InChI is InChI=1S/C13H25N3O3/c1-10(5-6-11(17)18)15-12(19)14-9-13(16(2)3)7-4-8-13/h10H,4-9H2,1-3H3,(H,17,18)(H2,14,15,19). The van der Waals surface area contributed by atoms with Crippen molar-refractivity contribution in [2.45, 2.75) is 50.6 Å². The first kappa shape index (κ1) is 15.8. The zero-order valence-corrected chi connectivity index (χ0v) is 12.0. The summed E-state index contributed by atoms with van der Waals surface area (Å²) in [6, 6.07) is -0.348. The molecule has 110 valence electrons. The fourth-order valence-electron chi connectivity index (χ4n) is 2.30. The number of nitrogens with one attached hydrogen (secondary N) is 2. The molecule has 1 unspecified atom stereocenters. The lowest BCUT2D eigenvalue weighted by Crippen LogP contribution is -2.58. The van der Waals surface area contributed by atoms with Gasteiger partial charge in [0.25, 0.3) is 0 Å². The van der Waals surface area contributed by atoms with Crippen LogP contribution < -0.4 is 10.6 Å². The highest BCUT2D eigenvalue weighted by molar-refractivity contribution is 5.74. The molecule has 0 aliphatic heterocycles. The SMILES string of the molecule is CC(CCC(=O)O)NC(=O)NCC1(N(C)C)CCC1. The van der Waals surface area contributed by atoms with Crippen LogP contribution in [0.25, 0.3) is 0 Å². The summed E-state index contributed by atoms with van der Waals surface area (Å²) >= 11 is 0. The summed E-state index contributed by atoms with van der Waals surface area (Å²) in [5.41, 5.74) is 0.0989. The fraction of sp³-hybridized carbons (Fsp3) is 0.846. The van der Waals surface area contributed by atoms with Gasteiger partial charge >= 0.3 is 12.0 Å². The number of carboxylic acid groups (broad SMARTS) is 1. The third-order valence-electron chi connectivity index (χ3n) is 3.98. The van der Waals surface area contributed by atoms with E-state index in [1.165, 1.54) is 6.42 Å². The van der Waals surface area contributed by atoms with Gasteiger partial charge in [0.15, 0.2) is 0 Å². The van der Waals surface area contributed by atoms with E-state index in [-0.39, 0.29) is 24.0 Å². The van der Waals surface area contributed by atoms with Gasteiger partial charge in [0.05, 0.1) is 0 Å². The van der Waals surface area contributed by atoms with Crippen molar-refractivity contribution in [2.75, 3.05) is 20.6 Å². The number of hydrogen-bond donors (Lipinski definition) is 3. The summed E-state index contributed by atoms with van der Waals surface area (Å²) in [5, 5.41) is 14.2. The van der Waals surface area contributed by atoms with Gasteiger partial charge in [-0.15, -0.1) is 0 Å². The van der Waals surface area contributed by atoms with Gasteiger partial charge < -0.3 is 20.6 Å². The van der Waals surface area contributed by atoms with Crippen molar-refractivity contribution in [3.8, 4) is 0 Å². The van der Waals surface area contributed by atoms with Crippen LogP contribution in [0.4, 0.5) is 4.79 Å². The summed E-state index contributed by atoms with van der Waals surface area (Å²) in [5.74, 6) is -0.838. The molecule has 0 aromatic heterocycles. The monoisotopic (exact) mass is 271 g/mol. The highest BCUT2D eigenvalue weighted by Gasteiger charge is 2.39. The average Bonchev–Trinajstić information content (AvgIpc) is 2.24. The topological polar surface area (TPSA) is 81.7 Å². The van der Waals surface area contributed by atoms with Crippen molar-refractivity contribution in [3.63, 3.8) is 0 Å². The van der Waals surface area contributed by atoms with E-state index >= 15 is 0 Å². The van der Waals surface area contributed by atoms with E-state index in [0.717, 1.165) is 12.8 Å². The molecule has 1 fully saturated rings. The maximum absolute atomic E-state index is 11.7. The van der Waals surface area contributed by atoms with E-state index in [0.29, 0.717) is 13.0 Å². The van der Waals surface area contributed by atoms with Crippen LogP contribution >= 0.6 is 0 Å². The number of carbonyl (C=O) groups excluding carboxylic acids is 1.